The van der Waals surface area contributed by atoms with Crippen LogP contribution in [0.1, 0.15) is 32.0 Å². The van der Waals surface area contributed by atoms with Crippen molar-refractivity contribution in [3.8, 4) is 34.5 Å². The smallest absolute Gasteiger partial charge is 0.246 e. The molecule has 202 valence electrons. The Morgan fingerprint density at radius 1 is 1.26 bits per heavy atom. The fraction of sp³-hybridized carbons (Fsp3) is 0.414. The van der Waals surface area contributed by atoms with Crippen molar-refractivity contribution in [2.24, 2.45) is 5.92 Å². The van der Waals surface area contributed by atoms with Crippen molar-refractivity contribution >= 4 is 22.8 Å². The van der Waals surface area contributed by atoms with E-state index in [1.54, 1.807) is 4.90 Å². The summed E-state index contributed by atoms with van der Waals surface area (Å²) in [5.74, 6) is 8.70. The number of benzene rings is 1. The number of anilines is 1. The van der Waals surface area contributed by atoms with Crippen LogP contribution in [-0.4, -0.2) is 80.5 Å². The lowest BCUT2D eigenvalue weighted by atomic mass is 9.91. The van der Waals surface area contributed by atoms with E-state index in [0.717, 1.165) is 47.4 Å². The van der Waals surface area contributed by atoms with E-state index >= 15 is 0 Å². The third-order valence-corrected chi connectivity index (χ3v) is 7.80. The van der Waals surface area contributed by atoms with Gasteiger partial charge in [-0.05, 0) is 38.3 Å². The Balaban J connectivity index is 1.32. The summed E-state index contributed by atoms with van der Waals surface area (Å²) in [6.45, 7) is 10.4. The highest BCUT2D eigenvalue weighted by molar-refractivity contribution is 6.05. The summed E-state index contributed by atoms with van der Waals surface area (Å²) in [4.78, 5) is 24.7. The van der Waals surface area contributed by atoms with Gasteiger partial charge in [-0.15, -0.1) is 0 Å². The van der Waals surface area contributed by atoms with Gasteiger partial charge in [0.05, 0.1) is 11.5 Å². The average Bonchev–Trinajstić information content (AvgIpc) is 3.51. The molecule has 0 radical (unpaired) electrons. The summed E-state index contributed by atoms with van der Waals surface area (Å²) in [6, 6.07) is 5.90. The van der Waals surface area contributed by atoms with Gasteiger partial charge in [0.1, 0.15) is 23.5 Å². The van der Waals surface area contributed by atoms with Gasteiger partial charge in [-0.25, -0.2) is 9.97 Å². The molecule has 10 heteroatoms. The molecule has 1 aromatic carbocycles. The quantitative estimate of drug-likeness (QED) is 0.392. The van der Waals surface area contributed by atoms with Gasteiger partial charge in [-0.3, -0.25) is 9.69 Å². The van der Waals surface area contributed by atoms with Gasteiger partial charge in [-0.1, -0.05) is 24.6 Å². The summed E-state index contributed by atoms with van der Waals surface area (Å²) >= 11 is 0. The molecule has 3 aromatic rings. The molecule has 3 N–H and O–H groups in total. The van der Waals surface area contributed by atoms with Crippen molar-refractivity contribution in [3.05, 3.63) is 42.9 Å². The molecule has 2 saturated heterocycles. The maximum atomic E-state index is 11.9. The number of aliphatic hydroxyl groups is 1. The maximum absolute atomic E-state index is 11.9. The lowest BCUT2D eigenvalue weighted by Gasteiger charge is -2.47. The molecular weight excluding hydrogens is 496 g/mol. The van der Waals surface area contributed by atoms with E-state index in [4.69, 9.17) is 15.2 Å². The standard InChI is InChI=1S/C29H32N6O4/c1-4-24(37)33-11-10-20(22(36)14-33)34-12-18(13-34)8-9-21-25(19-6-5-7-23-27(19)39-16-38-23)26-28(30)31-15-32-29(26)35(21)17(2)3/h4-7,15,17-18,20,22,36H,1,10-14,16H2,2-3H3,(H2,30,31,32)/t20-,22+/m1/s1. The number of hydrogen-bond donors (Lipinski definition) is 2. The van der Waals surface area contributed by atoms with Crippen LogP contribution in [0.25, 0.3) is 22.2 Å². The van der Waals surface area contributed by atoms with Crippen LogP contribution >= 0.6 is 0 Å². The first-order valence-corrected chi connectivity index (χ1v) is 13.3. The minimum Gasteiger partial charge on any atom is -0.454 e. The number of likely N-dealkylation sites (tertiary alicyclic amines) is 2. The first-order valence-electron chi connectivity index (χ1n) is 13.3. The molecule has 6 rings (SSSR count). The highest BCUT2D eigenvalue weighted by Crippen LogP contribution is 2.46. The summed E-state index contributed by atoms with van der Waals surface area (Å²) in [5, 5.41) is 11.4. The van der Waals surface area contributed by atoms with E-state index in [9.17, 15) is 9.90 Å². The van der Waals surface area contributed by atoms with Gasteiger partial charge in [0.2, 0.25) is 12.7 Å². The Labute approximate surface area is 227 Å². The predicted molar refractivity (Wildman–Crippen MR) is 147 cm³/mol. The number of hydrogen-bond acceptors (Lipinski definition) is 8. The maximum Gasteiger partial charge on any atom is 0.246 e. The number of nitrogen functional groups attached to an aromatic ring is 1. The van der Waals surface area contributed by atoms with Crippen molar-refractivity contribution in [1.82, 2.24) is 24.3 Å². The number of para-hydroxylation sites is 1. The second-order valence-corrected chi connectivity index (χ2v) is 10.5. The number of nitrogens with zero attached hydrogens (tertiary/aromatic N) is 5. The monoisotopic (exact) mass is 528 g/mol. The number of carbonyl (C=O) groups excluding carboxylic acids is 1. The number of aliphatic hydroxyl groups excluding tert-OH is 1. The van der Waals surface area contributed by atoms with Crippen molar-refractivity contribution in [2.75, 3.05) is 38.7 Å². The van der Waals surface area contributed by atoms with Gasteiger partial charge < -0.3 is 29.8 Å². The van der Waals surface area contributed by atoms with Crippen molar-refractivity contribution in [1.29, 1.82) is 0 Å². The molecule has 1 amide bonds. The van der Waals surface area contributed by atoms with Gasteiger partial charge >= 0.3 is 0 Å². The highest BCUT2D eigenvalue weighted by Gasteiger charge is 2.39. The lowest BCUT2D eigenvalue weighted by Crippen LogP contribution is -2.61. The van der Waals surface area contributed by atoms with Crippen LogP contribution in [0.5, 0.6) is 11.5 Å². The van der Waals surface area contributed by atoms with Crippen LogP contribution < -0.4 is 15.2 Å². The predicted octanol–water partition coefficient (Wildman–Crippen LogP) is 2.42. The summed E-state index contributed by atoms with van der Waals surface area (Å²) in [7, 11) is 0. The first-order chi connectivity index (χ1) is 18.9. The van der Waals surface area contributed by atoms with Crippen LogP contribution in [0, 0.1) is 17.8 Å². The Hall–Kier alpha value is -4.07. The van der Waals surface area contributed by atoms with Crippen molar-refractivity contribution in [2.45, 2.75) is 38.5 Å². The zero-order valence-electron chi connectivity index (χ0n) is 22.1. The zero-order chi connectivity index (χ0) is 27.3. The summed E-state index contributed by atoms with van der Waals surface area (Å²) in [6.07, 6.45) is 2.92. The SMILES string of the molecule is C=CC(=O)N1CC[C@@H](N2CC(C#Cc3c(-c4cccc5c4OCO5)c4c(N)ncnc4n3C(C)C)C2)[C@@H](O)C1. The molecular formula is C29H32N6O4. The fourth-order valence-electron chi connectivity index (χ4n) is 5.89. The van der Waals surface area contributed by atoms with Gasteiger partial charge in [0.15, 0.2) is 11.5 Å². The Morgan fingerprint density at radius 2 is 2.08 bits per heavy atom. The molecule has 5 heterocycles. The number of amides is 1. The summed E-state index contributed by atoms with van der Waals surface area (Å²) in [5.41, 5.74) is 9.65. The van der Waals surface area contributed by atoms with Gasteiger partial charge in [0, 0.05) is 55.3 Å². The number of carbonyl (C=O) groups is 1. The van der Waals surface area contributed by atoms with Crippen molar-refractivity contribution < 1.29 is 19.4 Å². The highest BCUT2D eigenvalue weighted by atomic mass is 16.7. The molecule has 3 aliphatic heterocycles. The van der Waals surface area contributed by atoms with Crippen LogP contribution in [-0.2, 0) is 4.79 Å². The van der Waals surface area contributed by atoms with Gasteiger partial charge in [0.25, 0.3) is 0 Å². The van der Waals surface area contributed by atoms with Crippen LogP contribution in [0.4, 0.5) is 5.82 Å². The zero-order valence-corrected chi connectivity index (χ0v) is 22.1. The molecule has 0 spiro atoms. The number of nitrogens with two attached hydrogens (primary N) is 1. The van der Waals surface area contributed by atoms with E-state index in [0.29, 0.717) is 30.4 Å². The normalized spacial score (nSPS) is 21.1. The van der Waals surface area contributed by atoms with Crippen molar-refractivity contribution in [3.63, 3.8) is 0 Å². The molecule has 0 saturated carbocycles. The van der Waals surface area contributed by atoms with E-state index in [-0.39, 0.29) is 30.7 Å². The Kier molecular flexibility index (Phi) is 6.41. The topological polar surface area (TPSA) is 119 Å². The molecule has 10 nitrogen and oxygen atoms in total. The third-order valence-electron chi connectivity index (χ3n) is 7.80. The second-order valence-electron chi connectivity index (χ2n) is 10.5. The molecule has 3 aliphatic rings. The second kappa shape index (κ2) is 9.91. The number of rotatable bonds is 4. The fourth-order valence-corrected chi connectivity index (χ4v) is 5.89. The largest absolute Gasteiger partial charge is 0.454 e. The van der Waals surface area contributed by atoms with E-state index in [1.807, 2.05) is 18.2 Å². The van der Waals surface area contributed by atoms with Crippen LogP contribution in [0.3, 0.4) is 0 Å². The molecule has 2 aromatic heterocycles. The average molecular weight is 529 g/mol. The van der Waals surface area contributed by atoms with E-state index in [2.05, 4.69) is 51.7 Å². The molecule has 39 heavy (non-hydrogen) atoms. The molecule has 2 atom stereocenters. The Morgan fingerprint density at radius 3 is 2.82 bits per heavy atom. The third kappa shape index (κ3) is 4.28. The van der Waals surface area contributed by atoms with Crippen LogP contribution in [0.2, 0.25) is 0 Å². The number of fused-ring (bicyclic) bond motifs is 2. The molecule has 0 unspecified atom stereocenters. The minimum absolute atomic E-state index is 0.0220. The number of aromatic nitrogens is 3. The van der Waals surface area contributed by atoms with E-state index < -0.39 is 6.10 Å². The number of ether oxygens (including phenoxy) is 2. The molecule has 0 bridgehead atoms. The van der Waals surface area contributed by atoms with Gasteiger partial charge in [-0.2, -0.15) is 0 Å². The van der Waals surface area contributed by atoms with Crippen LogP contribution in [0.15, 0.2) is 37.2 Å². The lowest BCUT2D eigenvalue weighted by molar-refractivity contribution is -0.132. The Bertz CT molecular complexity index is 1510. The first kappa shape index (κ1) is 25.2. The molecule has 2 fully saturated rings. The number of β-amino-alcohol motifs (C(OH)–C–C–N with tert-alkyl or cyclic N) is 1. The molecule has 0 aliphatic carbocycles. The summed E-state index contributed by atoms with van der Waals surface area (Å²) < 4.78 is 13.6. The number of piperidine rings is 1. The van der Waals surface area contributed by atoms with E-state index in [1.165, 1.54) is 12.4 Å². The minimum atomic E-state index is -0.587.